The Morgan fingerprint density at radius 1 is 0.356 bits per heavy atom. The zero-order valence-electron chi connectivity index (χ0n) is 77.0. The number of carboxylic acid groups (broad SMARTS) is 1. The first-order valence-electron chi connectivity index (χ1n) is 44.3. The molecule has 49 heteroatoms. The monoisotopic (exact) mass is 1860 g/mol. The van der Waals surface area contributed by atoms with Gasteiger partial charge >= 0.3 is 5.97 Å². The number of hydrogen-bond acceptors (Lipinski definition) is 23. The molecule has 13 amide bonds. The number of amides is 13. The highest BCUT2D eigenvalue weighted by Crippen LogP contribution is 2.18. The Hall–Kier alpha value is -13.7. The lowest BCUT2D eigenvalue weighted by atomic mass is 9.97. The normalized spacial score (nSPS) is 14.3. The predicted octanol–water partition coefficient (Wildman–Crippen LogP) is -5.24. The van der Waals surface area contributed by atoms with Gasteiger partial charge in [-0.1, -0.05) is 87.8 Å². The molecule has 132 heavy (non-hydrogen) atoms. The second-order valence-corrected chi connectivity index (χ2v) is 34.1. The number of nitrogens with zero attached hydrogens (tertiary/aromatic N) is 2. The molecule has 39 N–H and O–H groups in total. The minimum Gasteiger partial charge on any atom is -0.508 e. The minimum absolute atomic E-state index is 0.000164. The number of aromatic nitrogens is 4. The molecule has 0 radical (unpaired) electrons. The van der Waals surface area contributed by atoms with Crippen molar-refractivity contribution in [1.82, 2.24) is 116 Å². The fourth-order valence-electron chi connectivity index (χ4n) is 13.6. The zero-order valence-corrected chi connectivity index (χ0v) is 77.0. The summed E-state index contributed by atoms with van der Waals surface area (Å²) in [5.41, 5.74) is 35.0. The number of phenolic OH excluding ortho intramolecular Hbond substituents is 1. The number of rotatable bonds is 63. The number of carboxylic acids is 1. The van der Waals surface area contributed by atoms with E-state index in [-0.39, 0.29) is 182 Å². The molecule has 0 fully saturated rings. The summed E-state index contributed by atoms with van der Waals surface area (Å²) >= 11 is 0. The SMILES string of the molecule is CC[C@H](C)[C@H](NC(=O)[C@@H](N)CC(C)C)C(=O)NCC(=O)N[C@@H](CC(C)C)C(=O)N[C@@H](Cc1ccc(O)cc1)C(=O)N[C@@H](CC(C)C)C(=O)N[C@@H](CC(C)C)C(=O)N[C@@H](Cc1c[nH]cn1)C(=O)N[C@@H](CCCNC(=N)N)C(=O)N[C@@H](CCCNC(=N)N)C(=O)N[C@@H](CCCNC(=N)N)C(=O)N[C@@H](CCCNC(=N)N)C(=O)N[C@@H](CCCNC(=N)N)C(=O)N[C@@H](Cc1c[nH]cn1)C(=O)O. The number of benzene rings is 1. The van der Waals surface area contributed by atoms with Crippen molar-refractivity contribution in [3.63, 3.8) is 0 Å². The van der Waals surface area contributed by atoms with Crippen LogP contribution in [0.15, 0.2) is 49.3 Å². The molecule has 0 spiro atoms. The van der Waals surface area contributed by atoms with Gasteiger partial charge < -0.3 is 150 Å². The summed E-state index contributed by atoms with van der Waals surface area (Å²) in [6, 6.07) is -12.9. The zero-order chi connectivity index (χ0) is 98.9. The summed E-state index contributed by atoms with van der Waals surface area (Å²) in [6.45, 7) is 17.3. The Morgan fingerprint density at radius 2 is 0.636 bits per heavy atom. The maximum absolute atomic E-state index is 15.2. The van der Waals surface area contributed by atoms with Gasteiger partial charge in [0, 0.05) is 64.4 Å². The highest BCUT2D eigenvalue weighted by molar-refractivity contribution is 6.00. The highest BCUT2D eigenvalue weighted by Gasteiger charge is 2.39. The van der Waals surface area contributed by atoms with E-state index in [9.17, 15) is 58.2 Å². The van der Waals surface area contributed by atoms with Gasteiger partial charge in [0.2, 0.25) is 76.8 Å². The van der Waals surface area contributed by atoms with Gasteiger partial charge in [-0.15, -0.1) is 0 Å². The predicted molar refractivity (Wildman–Crippen MR) is 491 cm³/mol. The molecule has 49 nitrogen and oxygen atoms in total. The average Bonchev–Trinajstić information content (AvgIpc) is 1.01. The van der Waals surface area contributed by atoms with Crippen LogP contribution in [0.25, 0.3) is 0 Å². The number of nitrogens with one attached hydrogen (secondary N) is 25. The third kappa shape index (κ3) is 45.5. The van der Waals surface area contributed by atoms with Crippen LogP contribution < -0.4 is 130 Å². The Bertz CT molecular complexity index is 4250. The lowest BCUT2D eigenvalue weighted by Crippen LogP contribution is -2.61. The Balaban J connectivity index is 2.10. The van der Waals surface area contributed by atoms with E-state index in [4.69, 9.17) is 61.4 Å². The van der Waals surface area contributed by atoms with Gasteiger partial charge in [-0.05, 0) is 137 Å². The molecule has 0 saturated carbocycles. The fourth-order valence-corrected chi connectivity index (χ4v) is 13.6. The van der Waals surface area contributed by atoms with E-state index in [1.165, 1.54) is 49.3 Å². The molecule has 0 aliphatic carbocycles. The van der Waals surface area contributed by atoms with E-state index >= 15 is 19.2 Å². The van der Waals surface area contributed by atoms with Crippen molar-refractivity contribution in [2.75, 3.05) is 39.3 Å². The van der Waals surface area contributed by atoms with E-state index in [0.29, 0.717) is 18.4 Å². The maximum atomic E-state index is 15.2. The topological polar surface area (TPSA) is 829 Å². The third-order valence-electron chi connectivity index (χ3n) is 20.6. The van der Waals surface area contributed by atoms with E-state index in [0.717, 1.165) is 0 Å². The van der Waals surface area contributed by atoms with Gasteiger partial charge in [0.05, 0.1) is 36.6 Å². The van der Waals surface area contributed by atoms with Crippen LogP contribution in [0.2, 0.25) is 0 Å². The molecule has 0 saturated heterocycles. The molecule has 736 valence electrons. The summed E-state index contributed by atoms with van der Waals surface area (Å²) in [5, 5.41) is 107. The number of imidazole rings is 2. The number of phenols is 1. The molecule has 0 aliphatic heterocycles. The number of guanidine groups is 5. The Kier molecular flexibility index (Phi) is 50.7. The number of nitrogens with two attached hydrogens (primary N) is 6. The molecule has 2 heterocycles. The number of carbonyl (C=O) groups excluding carboxylic acids is 13. The van der Waals surface area contributed by atoms with Crippen molar-refractivity contribution in [2.24, 2.45) is 64.0 Å². The van der Waals surface area contributed by atoms with Gasteiger partial charge in [0.1, 0.15) is 78.3 Å². The van der Waals surface area contributed by atoms with E-state index in [2.05, 4.69) is 116 Å². The quantitative estimate of drug-likeness (QED) is 0.0143. The van der Waals surface area contributed by atoms with E-state index < -0.39 is 198 Å². The second kappa shape index (κ2) is 59.5. The summed E-state index contributed by atoms with van der Waals surface area (Å²) in [6.07, 6.45) is 4.30. The van der Waals surface area contributed by atoms with Crippen LogP contribution in [0, 0.1) is 56.6 Å². The van der Waals surface area contributed by atoms with E-state index in [1.54, 1.807) is 48.5 Å². The van der Waals surface area contributed by atoms with Gasteiger partial charge in [0.25, 0.3) is 0 Å². The number of aromatic amines is 2. The molecule has 3 rings (SSSR count). The van der Waals surface area contributed by atoms with E-state index in [1.807, 2.05) is 20.8 Å². The maximum Gasteiger partial charge on any atom is 0.326 e. The van der Waals surface area contributed by atoms with Crippen molar-refractivity contribution in [3.8, 4) is 5.75 Å². The molecule has 2 aromatic heterocycles. The smallest absolute Gasteiger partial charge is 0.326 e. The fraction of sp³-hybridized carbons (Fsp3) is 0.627. The molecular formula is C83H143N33O16. The van der Waals surface area contributed by atoms with Crippen LogP contribution in [0.4, 0.5) is 0 Å². The van der Waals surface area contributed by atoms with Crippen molar-refractivity contribution in [1.29, 1.82) is 27.0 Å². The van der Waals surface area contributed by atoms with Crippen LogP contribution in [-0.2, 0) is 86.4 Å². The molecule has 0 aliphatic rings. The third-order valence-corrected chi connectivity index (χ3v) is 20.6. The van der Waals surface area contributed by atoms with Crippen molar-refractivity contribution < 1.29 is 77.3 Å². The molecule has 1 aromatic carbocycles. The first kappa shape index (κ1) is 113. The van der Waals surface area contributed by atoms with Gasteiger partial charge in [-0.3, -0.25) is 89.4 Å². The van der Waals surface area contributed by atoms with Gasteiger partial charge in [-0.25, -0.2) is 14.8 Å². The first-order valence-corrected chi connectivity index (χ1v) is 44.3. The van der Waals surface area contributed by atoms with Crippen LogP contribution >= 0.6 is 0 Å². The number of carbonyl (C=O) groups is 14. The Labute approximate surface area is 768 Å². The van der Waals surface area contributed by atoms with Crippen LogP contribution in [-0.4, -0.2) is 261 Å². The van der Waals surface area contributed by atoms with Crippen molar-refractivity contribution in [3.05, 3.63) is 66.3 Å². The highest BCUT2D eigenvalue weighted by atomic mass is 16.4. The lowest BCUT2D eigenvalue weighted by Gasteiger charge is -2.29. The number of aliphatic carboxylic acids is 1. The molecule has 0 bridgehead atoms. The number of H-pyrrole nitrogens is 2. The molecule has 0 unspecified atom stereocenters. The standard InChI is InChI=1S/C83H143N33O16/c1-11-47(10)65(116-66(119)52(84)31-43(2)3)77(130)102-40-64(118)105-58(32-44(4)5)72(125)113-61(35-48-22-24-51(117)25-23-48)75(128)112-59(33-45(6)7)73(126)111-60(34-46(8)9)74(127)114-62(36-49-38-95-41-103-49)76(129)110-56(20-15-29-100-82(91)92)70(123)108-54(18-13-27-98-80(87)88)68(121)106-53(17-12-26-97-79(85)86)67(120)107-55(19-14-28-99-81(89)90)69(122)109-57(21-16-30-101-83(93)94)71(124)115-63(78(131)132)37-50-39-96-42-104-50/h22-25,38-39,41-47,52-63,65,117H,11-21,26-37,40,84H2,1-10H3,(H,95,103)(H,96,104)(H,102,130)(H,105,118)(H,106,121)(H,107,120)(H,108,123)(H,109,122)(H,110,129)(H,111,126)(H,112,128)(H,113,125)(H,114,127)(H,115,124)(H,116,119)(H,131,132)(H4,85,86,97)(H4,87,88,98)(H4,89,90,99)(H4,91,92,100)(H4,93,94,101)/t47-,52-,53-,54-,55-,56-,57-,58-,59-,60-,61-,62-,63-,65-/m0/s1. The average molecular weight is 1860 g/mol. The Morgan fingerprint density at radius 3 is 0.932 bits per heavy atom. The van der Waals surface area contributed by atoms with Crippen LogP contribution in [0.3, 0.4) is 0 Å². The summed E-state index contributed by atoms with van der Waals surface area (Å²) in [7, 11) is 0. The van der Waals surface area contributed by atoms with Gasteiger partial charge in [0.15, 0.2) is 29.8 Å². The summed E-state index contributed by atoms with van der Waals surface area (Å²) in [4.78, 5) is 215. The summed E-state index contributed by atoms with van der Waals surface area (Å²) < 4.78 is 0. The molecular weight excluding hydrogens is 1720 g/mol. The lowest BCUT2D eigenvalue weighted by molar-refractivity contribution is -0.142. The minimum atomic E-state index is -1.62. The van der Waals surface area contributed by atoms with Crippen molar-refractivity contribution in [2.45, 2.75) is 263 Å². The number of hydrogen-bond donors (Lipinski definition) is 33. The first-order chi connectivity index (χ1) is 62.2. The second-order valence-electron chi connectivity index (χ2n) is 34.1. The molecule has 14 atom stereocenters. The van der Waals surface area contributed by atoms with Crippen LogP contribution in [0.1, 0.15) is 183 Å². The van der Waals surface area contributed by atoms with Gasteiger partial charge in [-0.2, -0.15) is 0 Å². The number of aromatic hydroxyl groups is 1. The van der Waals surface area contributed by atoms with Crippen LogP contribution in [0.5, 0.6) is 5.75 Å². The van der Waals surface area contributed by atoms with Crippen molar-refractivity contribution >= 4 is 113 Å². The largest absolute Gasteiger partial charge is 0.508 e. The summed E-state index contributed by atoms with van der Waals surface area (Å²) in [5.74, 6) is -16.4. The molecule has 3 aromatic rings.